The Labute approximate surface area is 155 Å². The van der Waals surface area contributed by atoms with E-state index in [0.717, 1.165) is 30.1 Å². The number of anilines is 2. The average Bonchev–Trinajstić information content (AvgIpc) is 2.69. The third-order valence-corrected chi connectivity index (χ3v) is 4.84. The first-order chi connectivity index (χ1) is 12.7. The SMILES string of the molecule is CCOc1ccc(NC(=O)c2cncc(N3CCCCC3CC)c2)cc1. The van der Waals surface area contributed by atoms with E-state index in [1.165, 1.54) is 19.3 Å². The molecule has 1 aliphatic heterocycles. The van der Waals surface area contributed by atoms with Gasteiger partial charge in [-0.25, -0.2) is 0 Å². The van der Waals surface area contributed by atoms with Crippen molar-refractivity contribution in [2.24, 2.45) is 0 Å². The molecule has 3 rings (SSSR count). The number of ether oxygens (including phenoxy) is 1. The molecule has 1 N–H and O–H groups in total. The maximum Gasteiger partial charge on any atom is 0.257 e. The van der Waals surface area contributed by atoms with Crippen LogP contribution in [0.25, 0.3) is 0 Å². The van der Waals surface area contributed by atoms with Gasteiger partial charge in [0.2, 0.25) is 0 Å². The van der Waals surface area contributed by atoms with Gasteiger partial charge in [-0.2, -0.15) is 0 Å². The van der Waals surface area contributed by atoms with Gasteiger partial charge in [-0.3, -0.25) is 9.78 Å². The van der Waals surface area contributed by atoms with Gasteiger partial charge < -0.3 is 15.0 Å². The van der Waals surface area contributed by atoms with Gasteiger partial charge >= 0.3 is 0 Å². The number of hydrogen-bond donors (Lipinski definition) is 1. The number of rotatable bonds is 6. The number of nitrogens with zero attached hydrogens (tertiary/aromatic N) is 2. The van der Waals surface area contributed by atoms with Crippen LogP contribution in [0.1, 0.15) is 49.9 Å². The fourth-order valence-electron chi connectivity index (χ4n) is 3.48. The Morgan fingerprint density at radius 1 is 1.23 bits per heavy atom. The molecule has 1 saturated heterocycles. The highest BCUT2D eigenvalue weighted by atomic mass is 16.5. The van der Waals surface area contributed by atoms with Crippen molar-refractivity contribution >= 4 is 17.3 Å². The second-order valence-corrected chi connectivity index (χ2v) is 6.59. The summed E-state index contributed by atoms with van der Waals surface area (Å²) in [5, 5.41) is 2.93. The van der Waals surface area contributed by atoms with Crippen molar-refractivity contribution in [3.8, 4) is 5.75 Å². The predicted octanol–water partition coefficient (Wildman–Crippen LogP) is 4.50. The Bertz CT molecular complexity index is 730. The highest BCUT2D eigenvalue weighted by Gasteiger charge is 2.22. The van der Waals surface area contributed by atoms with Crippen molar-refractivity contribution in [2.45, 2.75) is 45.6 Å². The van der Waals surface area contributed by atoms with Crippen LogP contribution in [-0.2, 0) is 0 Å². The van der Waals surface area contributed by atoms with Gasteiger partial charge in [0.25, 0.3) is 5.91 Å². The molecule has 2 aromatic rings. The fraction of sp³-hybridized carbons (Fsp3) is 0.429. The van der Waals surface area contributed by atoms with Gasteiger partial charge in [0, 0.05) is 24.5 Å². The minimum atomic E-state index is -0.145. The van der Waals surface area contributed by atoms with E-state index in [1.54, 1.807) is 6.20 Å². The number of hydrogen-bond acceptors (Lipinski definition) is 4. The highest BCUT2D eigenvalue weighted by molar-refractivity contribution is 6.04. The van der Waals surface area contributed by atoms with E-state index in [-0.39, 0.29) is 5.91 Å². The predicted molar refractivity (Wildman–Crippen MR) is 105 cm³/mol. The second kappa shape index (κ2) is 8.70. The molecule has 1 fully saturated rings. The van der Waals surface area contributed by atoms with Crippen LogP contribution < -0.4 is 15.0 Å². The summed E-state index contributed by atoms with van der Waals surface area (Å²) in [7, 11) is 0. The number of pyridine rings is 1. The lowest BCUT2D eigenvalue weighted by atomic mass is 9.99. The lowest BCUT2D eigenvalue weighted by molar-refractivity contribution is 0.102. The summed E-state index contributed by atoms with van der Waals surface area (Å²) < 4.78 is 5.43. The molecular formula is C21H27N3O2. The van der Waals surface area contributed by atoms with Crippen LogP contribution in [0.15, 0.2) is 42.7 Å². The lowest BCUT2D eigenvalue weighted by Crippen LogP contribution is -2.39. The smallest absolute Gasteiger partial charge is 0.257 e. The van der Waals surface area contributed by atoms with Crippen LogP contribution in [0, 0.1) is 0 Å². The van der Waals surface area contributed by atoms with Crippen molar-refractivity contribution < 1.29 is 9.53 Å². The molecule has 0 saturated carbocycles. The molecule has 0 spiro atoms. The average molecular weight is 353 g/mol. The van der Waals surface area contributed by atoms with Crippen molar-refractivity contribution in [2.75, 3.05) is 23.4 Å². The molecule has 138 valence electrons. The van der Waals surface area contributed by atoms with Crippen LogP contribution in [0.5, 0.6) is 5.75 Å². The minimum Gasteiger partial charge on any atom is -0.494 e. The molecule has 0 aliphatic carbocycles. The third kappa shape index (κ3) is 4.34. The molecular weight excluding hydrogens is 326 g/mol. The first kappa shape index (κ1) is 18.2. The van der Waals surface area contributed by atoms with E-state index in [0.29, 0.717) is 18.2 Å². The van der Waals surface area contributed by atoms with E-state index < -0.39 is 0 Å². The summed E-state index contributed by atoms with van der Waals surface area (Å²) in [4.78, 5) is 19.3. The normalized spacial score (nSPS) is 17.0. The number of amides is 1. The number of aromatic nitrogens is 1. The zero-order valence-corrected chi connectivity index (χ0v) is 15.6. The van der Waals surface area contributed by atoms with Crippen molar-refractivity contribution in [1.29, 1.82) is 0 Å². The van der Waals surface area contributed by atoms with Gasteiger partial charge in [0.1, 0.15) is 5.75 Å². The molecule has 1 aromatic carbocycles. The van der Waals surface area contributed by atoms with Crippen LogP contribution in [0.2, 0.25) is 0 Å². The fourth-order valence-corrected chi connectivity index (χ4v) is 3.48. The maximum absolute atomic E-state index is 12.6. The number of benzene rings is 1. The van der Waals surface area contributed by atoms with Crippen LogP contribution in [0.3, 0.4) is 0 Å². The number of piperidine rings is 1. The number of nitrogens with one attached hydrogen (secondary N) is 1. The third-order valence-electron chi connectivity index (χ3n) is 4.84. The minimum absolute atomic E-state index is 0.145. The van der Waals surface area contributed by atoms with Gasteiger partial charge in [0.05, 0.1) is 24.1 Å². The van der Waals surface area contributed by atoms with E-state index >= 15 is 0 Å². The van der Waals surface area contributed by atoms with Gasteiger partial charge in [0.15, 0.2) is 0 Å². The topological polar surface area (TPSA) is 54.5 Å². The zero-order chi connectivity index (χ0) is 18.4. The first-order valence-corrected chi connectivity index (χ1v) is 9.47. The summed E-state index contributed by atoms with van der Waals surface area (Å²) in [5.74, 6) is 0.651. The summed E-state index contributed by atoms with van der Waals surface area (Å²) in [6.45, 7) is 5.82. The van der Waals surface area contributed by atoms with Crippen molar-refractivity contribution in [3.63, 3.8) is 0 Å². The van der Waals surface area contributed by atoms with Gasteiger partial charge in [-0.15, -0.1) is 0 Å². The first-order valence-electron chi connectivity index (χ1n) is 9.47. The van der Waals surface area contributed by atoms with Crippen LogP contribution >= 0.6 is 0 Å². The molecule has 1 atom stereocenters. The lowest BCUT2D eigenvalue weighted by Gasteiger charge is -2.37. The second-order valence-electron chi connectivity index (χ2n) is 6.59. The van der Waals surface area contributed by atoms with Crippen LogP contribution in [-0.4, -0.2) is 30.1 Å². The molecule has 2 heterocycles. The number of carbonyl (C=O) groups excluding carboxylic acids is 1. The Kier molecular flexibility index (Phi) is 6.10. The highest BCUT2D eigenvalue weighted by Crippen LogP contribution is 2.26. The Morgan fingerprint density at radius 3 is 2.77 bits per heavy atom. The van der Waals surface area contributed by atoms with E-state index in [2.05, 4.69) is 22.1 Å². The monoisotopic (exact) mass is 353 g/mol. The van der Waals surface area contributed by atoms with Gasteiger partial charge in [-0.05, 0) is 62.9 Å². The molecule has 5 heteroatoms. The Balaban J connectivity index is 1.71. The summed E-state index contributed by atoms with van der Waals surface area (Å²) in [5.41, 5.74) is 2.36. The van der Waals surface area contributed by atoms with Crippen molar-refractivity contribution in [1.82, 2.24) is 4.98 Å². The maximum atomic E-state index is 12.6. The van der Waals surface area contributed by atoms with E-state index in [1.807, 2.05) is 43.5 Å². The molecule has 26 heavy (non-hydrogen) atoms. The van der Waals surface area contributed by atoms with Crippen LogP contribution in [0.4, 0.5) is 11.4 Å². The summed E-state index contributed by atoms with van der Waals surface area (Å²) in [6, 6.07) is 9.89. The summed E-state index contributed by atoms with van der Waals surface area (Å²) in [6.07, 6.45) is 8.28. The zero-order valence-electron chi connectivity index (χ0n) is 15.6. The largest absolute Gasteiger partial charge is 0.494 e. The quantitative estimate of drug-likeness (QED) is 0.831. The van der Waals surface area contributed by atoms with Gasteiger partial charge in [-0.1, -0.05) is 6.92 Å². The molecule has 5 nitrogen and oxygen atoms in total. The Hall–Kier alpha value is -2.56. The summed E-state index contributed by atoms with van der Waals surface area (Å²) >= 11 is 0. The van der Waals surface area contributed by atoms with E-state index in [4.69, 9.17) is 4.74 Å². The standard InChI is InChI=1S/C21H27N3O2/c1-3-18-7-5-6-12-24(18)19-13-16(14-22-15-19)21(25)23-17-8-10-20(11-9-17)26-4-2/h8-11,13-15,18H,3-7,12H2,1-2H3,(H,23,25). The molecule has 1 amide bonds. The molecule has 0 bridgehead atoms. The Morgan fingerprint density at radius 2 is 2.04 bits per heavy atom. The molecule has 0 radical (unpaired) electrons. The molecule has 1 aromatic heterocycles. The van der Waals surface area contributed by atoms with Crippen molar-refractivity contribution in [3.05, 3.63) is 48.3 Å². The molecule has 1 aliphatic rings. The molecule has 1 unspecified atom stereocenters. The van der Waals surface area contributed by atoms with E-state index in [9.17, 15) is 4.79 Å². The number of carbonyl (C=O) groups is 1.